The van der Waals surface area contributed by atoms with Gasteiger partial charge in [0.15, 0.2) is 0 Å². The largest absolute Gasteiger partial charge is 0.496 e. The van der Waals surface area contributed by atoms with Gasteiger partial charge in [-0.25, -0.2) is 0 Å². The quantitative estimate of drug-likeness (QED) is 0.927. The number of rotatable bonds is 3. The smallest absolute Gasteiger partial charge is 0.260 e. The van der Waals surface area contributed by atoms with Crippen LogP contribution in [0.3, 0.4) is 0 Å². The molecule has 0 fully saturated rings. The van der Waals surface area contributed by atoms with Crippen molar-refractivity contribution in [3.63, 3.8) is 0 Å². The van der Waals surface area contributed by atoms with Crippen LogP contribution in [0, 0.1) is 17.2 Å². The Balaban J connectivity index is 1.92. The number of hydrogen-bond acceptors (Lipinski definition) is 4. The average molecular weight is 326 g/mol. The molecule has 118 valence electrons. The van der Waals surface area contributed by atoms with Gasteiger partial charge in [0, 0.05) is 4.88 Å². The van der Waals surface area contributed by atoms with E-state index in [4.69, 9.17) is 4.74 Å². The van der Waals surface area contributed by atoms with Gasteiger partial charge in [-0.1, -0.05) is 19.1 Å². The summed E-state index contributed by atoms with van der Waals surface area (Å²) in [5.74, 6) is 0.867. The number of aryl methyl sites for hydroxylation is 1. The molecule has 5 heteroatoms. The van der Waals surface area contributed by atoms with Gasteiger partial charge >= 0.3 is 0 Å². The summed E-state index contributed by atoms with van der Waals surface area (Å²) in [7, 11) is 1.54. The van der Waals surface area contributed by atoms with E-state index in [1.165, 1.54) is 23.3 Å². The Kier molecular flexibility index (Phi) is 4.35. The van der Waals surface area contributed by atoms with Gasteiger partial charge in [0.2, 0.25) is 0 Å². The van der Waals surface area contributed by atoms with E-state index < -0.39 is 0 Å². The minimum absolute atomic E-state index is 0.245. The van der Waals surface area contributed by atoms with E-state index in [-0.39, 0.29) is 5.91 Å². The fourth-order valence-electron chi connectivity index (χ4n) is 2.97. The standard InChI is InChI=1S/C18H18N2O2S/c1-11-7-8-16-13(9-11)14(10-19)18(23-16)20-17(21)12-5-3-4-6-15(12)22-2/h3-6,11H,7-9H2,1-2H3,(H,20,21)/t11-/m0/s1. The van der Waals surface area contributed by atoms with E-state index in [2.05, 4.69) is 18.3 Å². The van der Waals surface area contributed by atoms with Crippen LogP contribution in [0.4, 0.5) is 5.00 Å². The van der Waals surface area contributed by atoms with Crippen LogP contribution in [0.2, 0.25) is 0 Å². The van der Waals surface area contributed by atoms with Crippen molar-refractivity contribution < 1.29 is 9.53 Å². The number of methoxy groups -OCH3 is 1. The molecule has 0 radical (unpaired) electrons. The number of thiophene rings is 1. The van der Waals surface area contributed by atoms with Crippen molar-refractivity contribution in [1.82, 2.24) is 0 Å². The number of amides is 1. The van der Waals surface area contributed by atoms with Crippen LogP contribution in [0.1, 0.15) is 39.7 Å². The molecule has 0 unspecified atom stereocenters. The minimum Gasteiger partial charge on any atom is -0.496 e. The number of benzene rings is 1. The molecule has 1 amide bonds. The number of para-hydroxylation sites is 1. The number of anilines is 1. The SMILES string of the molecule is COc1ccccc1C(=O)Nc1sc2c(c1C#N)C[C@@H](C)CC2. The average Bonchev–Trinajstić information content (AvgIpc) is 2.90. The number of carbonyl (C=O) groups excluding carboxylic acids is 1. The molecule has 23 heavy (non-hydrogen) atoms. The molecule has 1 aromatic heterocycles. The summed E-state index contributed by atoms with van der Waals surface area (Å²) in [5.41, 5.74) is 2.21. The van der Waals surface area contributed by atoms with Gasteiger partial charge in [-0.05, 0) is 42.9 Å². The van der Waals surface area contributed by atoms with Crippen LogP contribution in [-0.2, 0) is 12.8 Å². The maximum Gasteiger partial charge on any atom is 0.260 e. The minimum atomic E-state index is -0.245. The predicted octanol–water partition coefficient (Wildman–Crippen LogP) is 4.01. The summed E-state index contributed by atoms with van der Waals surface area (Å²) in [6.07, 6.45) is 3.04. The normalized spacial score (nSPS) is 16.3. The third-order valence-corrected chi connectivity index (χ3v) is 5.41. The van der Waals surface area contributed by atoms with E-state index in [0.717, 1.165) is 24.8 Å². The van der Waals surface area contributed by atoms with E-state index in [0.29, 0.717) is 27.8 Å². The Morgan fingerprint density at radius 1 is 1.43 bits per heavy atom. The zero-order valence-electron chi connectivity index (χ0n) is 13.2. The summed E-state index contributed by atoms with van der Waals surface area (Å²) in [5, 5.41) is 13.1. The lowest BCUT2D eigenvalue weighted by atomic mass is 9.88. The van der Waals surface area contributed by atoms with Crippen molar-refractivity contribution in [2.24, 2.45) is 5.92 Å². The number of nitrogens with zero attached hydrogens (tertiary/aromatic N) is 1. The van der Waals surface area contributed by atoms with E-state index in [1.54, 1.807) is 18.2 Å². The van der Waals surface area contributed by atoms with Crippen molar-refractivity contribution >= 4 is 22.2 Å². The third kappa shape index (κ3) is 2.95. The van der Waals surface area contributed by atoms with Crippen LogP contribution in [0.15, 0.2) is 24.3 Å². The number of ether oxygens (including phenoxy) is 1. The Bertz CT molecular complexity index is 789. The number of nitrogens with one attached hydrogen (secondary N) is 1. The molecule has 1 aliphatic carbocycles. The number of carbonyl (C=O) groups is 1. The first-order valence-electron chi connectivity index (χ1n) is 7.63. The molecule has 0 saturated heterocycles. The zero-order valence-corrected chi connectivity index (χ0v) is 14.0. The van der Waals surface area contributed by atoms with Gasteiger partial charge in [0.05, 0.1) is 18.2 Å². The molecule has 1 aliphatic rings. The van der Waals surface area contributed by atoms with Crippen LogP contribution in [0.25, 0.3) is 0 Å². The Morgan fingerprint density at radius 2 is 2.22 bits per heavy atom. The monoisotopic (exact) mass is 326 g/mol. The van der Waals surface area contributed by atoms with Gasteiger partial charge in [-0.15, -0.1) is 11.3 Å². The number of hydrogen-bond donors (Lipinski definition) is 1. The number of fused-ring (bicyclic) bond motifs is 1. The summed E-state index contributed by atoms with van der Waals surface area (Å²) in [6.45, 7) is 2.20. The highest BCUT2D eigenvalue weighted by molar-refractivity contribution is 7.16. The second-order valence-corrected chi connectivity index (χ2v) is 6.93. The van der Waals surface area contributed by atoms with Gasteiger partial charge in [0.1, 0.15) is 16.8 Å². The van der Waals surface area contributed by atoms with Crippen LogP contribution >= 0.6 is 11.3 Å². The van der Waals surface area contributed by atoms with Gasteiger partial charge < -0.3 is 10.1 Å². The first kappa shape index (κ1) is 15.6. The molecule has 2 aromatic rings. The Hall–Kier alpha value is -2.32. The first-order valence-corrected chi connectivity index (χ1v) is 8.44. The third-order valence-electron chi connectivity index (χ3n) is 4.20. The van der Waals surface area contributed by atoms with Crippen LogP contribution in [0.5, 0.6) is 5.75 Å². The molecule has 1 atom stereocenters. The van der Waals surface area contributed by atoms with Crippen LogP contribution in [-0.4, -0.2) is 13.0 Å². The Labute approximate surface area is 139 Å². The van der Waals surface area contributed by atoms with Crippen molar-refractivity contribution in [3.8, 4) is 11.8 Å². The predicted molar refractivity (Wildman–Crippen MR) is 91.2 cm³/mol. The summed E-state index contributed by atoms with van der Waals surface area (Å²) in [6, 6.07) is 9.36. The molecule has 4 nitrogen and oxygen atoms in total. The molecule has 1 heterocycles. The maximum atomic E-state index is 12.5. The highest BCUT2D eigenvalue weighted by Gasteiger charge is 2.25. The topological polar surface area (TPSA) is 62.1 Å². The zero-order chi connectivity index (χ0) is 16.4. The van der Waals surface area contributed by atoms with Gasteiger partial charge in [-0.2, -0.15) is 5.26 Å². The Morgan fingerprint density at radius 3 is 2.96 bits per heavy atom. The molecule has 0 aliphatic heterocycles. The molecular weight excluding hydrogens is 308 g/mol. The lowest BCUT2D eigenvalue weighted by Gasteiger charge is -2.17. The highest BCUT2D eigenvalue weighted by Crippen LogP contribution is 2.39. The summed E-state index contributed by atoms with van der Waals surface area (Å²) < 4.78 is 5.23. The van der Waals surface area contributed by atoms with Crippen molar-refractivity contribution in [1.29, 1.82) is 5.26 Å². The lowest BCUT2D eigenvalue weighted by molar-refractivity contribution is 0.102. The van der Waals surface area contributed by atoms with E-state index in [9.17, 15) is 10.1 Å². The second-order valence-electron chi connectivity index (χ2n) is 5.82. The highest BCUT2D eigenvalue weighted by atomic mass is 32.1. The molecule has 0 saturated carbocycles. The van der Waals surface area contributed by atoms with Crippen molar-refractivity contribution in [2.45, 2.75) is 26.2 Å². The molecule has 0 spiro atoms. The maximum absolute atomic E-state index is 12.5. The summed E-state index contributed by atoms with van der Waals surface area (Å²) in [4.78, 5) is 13.8. The summed E-state index contributed by atoms with van der Waals surface area (Å²) >= 11 is 1.53. The van der Waals surface area contributed by atoms with Crippen LogP contribution < -0.4 is 10.1 Å². The molecular formula is C18H18N2O2S. The first-order chi connectivity index (χ1) is 11.1. The molecule has 0 bridgehead atoms. The fourth-order valence-corrected chi connectivity index (χ4v) is 4.16. The number of nitriles is 1. The van der Waals surface area contributed by atoms with E-state index >= 15 is 0 Å². The van der Waals surface area contributed by atoms with Gasteiger partial charge in [0.25, 0.3) is 5.91 Å². The molecule has 1 aromatic carbocycles. The van der Waals surface area contributed by atoms with E-state index in [1.807, 2.05) is 6.07 Å². The van der Waals surface area contributed by atoms with Gasteiger partial charge in [-0.3, -0.25) is 4.79 Å². The van der Waals surface area contributed by atoms with Crippen molar-refractivity contribution in [3.05, 3.63) is 45.8 Å². The fraction of sp³-hybridized carbons (Fsp3) is 0.333. The van der Waals surface area contributed by atoms with Crippen molar-refractivity contribution in [2.75, 3.05) is 12.4 Å². The second kappa shape index (κ2) is 6.43. The molecule has 1 N–H and O–H groups in total. The molecule has 3 rings (SSSR count). The lowest BCUT2D eigenvalue weighted by Crippen LogP contribution is -2.13.